The van der Waals surface area contributed by atoms with Gasteiger partial charge in [-0.05, 0) is 30.7 Å². The van der Waals surface area contributed by atoms with Crippen LogP contribution in [0.2, 0.25) is 0 Å². The fourth-order valence-corrected chi connectivity index (χ4v) is 2.65. The summed E-state index contributed by atoms with van der Waals surface area (Å²) in [6.07, 6.45) is 8.95. The molecular formula is C13H20N2O. The summed E-state index contributed by atoms with van der Waals surface area (Å²) in [5.41, 5.74) is 1.05. The molecule has 3 heteroatoms. The SMILES string of the molecule is CCC1CCC(C(=O)Cc2cnn(C)c2)C1. The van der Waals surface area contributed by atoms with Gasteiger partial charge in [-0.2, -0.15) is 5.10 Å². The van der Waals surface area contributed by atoms with E-state index in [1.807, 2.05) is 13.2 Å². The van der Waals surface area contributed by atoms with Gasteiger partial charge in [-0.25, -0.2) is 0 Å². The molecule has 0 spiro atoms. The second-order valence-corrected chi connectivity index (χ2v) is 4.95. The number of ketones is 1. The standard InChI is InChI=1S/C13H20N2O/c1-3-10-4-5-12(6-10)13(16)7-11-8-14-15(2)9-11/h8-10,12H,3-7H2,1-2H3. The van der Waals surface area contributed by atoms with E-state index in [2.05, 4.69) is 12.0 Å². The normalized spacial score (nSPS) is 24.9. The third-order valence-electron chi connectivity index (χ3n) is 3.71. The summed E-state index contributed by atoms with van der Waals surface area (Å²) in [4.78, 5) is 12.0. The second-order valence-electron chi connectivity index (χ2n) is 4.95. The van der Waals surface area contributed by atoms with E-state index >= 15 is 0 Å². The largest absolute Gasteiger partial charge is 0.299 e. The van der Waals surface area contributed by atoms with Crippen LogP contribution in [-0.4, -0.2) is 15.6 Å². The predicted molar refractivity (Wildman–Crippen MR) is 63.0 cm³/mol. The van der Waals surface area contributed by atoms with Gasteiger partial charge >= 0.3 is 0 Å². The zero-order valence-corrected chi connectivity index (χ0v) is 10.1. The number of Topliss-reactive ketones (excluding diaryl/α,β-unsaturated/α-hetero) is 1. The van der Waals surface area contributed by atoms with Crippen LogP contribution in [-0.2, 0) is 18.3 Å². The van der Waals surface area contributed by atoms with Gasteiger partial charge in [-0.3, -0.25) is 9.48 Å². The Kier molecular flexibility index (Phi) is 3.42. The van der Waals surface area contributed by atoms with Gasteiger partial charge in [0.25, 0.3) is 0 Å². The molecule has 0 amide bonds. The molecule has 88 valence electrons. The summed E-state index contributed by atoms with van der Waals surface area (Å²) in [5.74, 6) is 1.50. The predicted octanol–water partition coefficient (Wildman–Crippen LogP) is 2.36. The fraction of sp³-hybridized carbons (Fsp3) is 0.692. The maximum Gasteiger partial charge on any atom is 0.140 e. The van der Waals surface area contributed by atoms with Crippen LogP contribution < -0.4 is 0 Å². The lowest BCUT2D eigenvalue weighted by atomic mass is 9.96. The molecule has 0 aliphatic heterocycles. The summed E-state index contributed by atoms with van der Waals surface area (Å²) in [5, 5.41) is 4.09. The molecule has 2 unspecified atom stereocenters. The molecule has 0 radical (unpaired) electrons. The quantitative estimate of drug-likeness (QED) is 0.780. The van der Waals surface area contributed by atoms with Crippen molar-refractivity contribution in [3.8, 4) is 0 Å². The highest BCUT2D eigenvalue weighted by Gasteiger charge is 2.28. The van der Waals surface area contributed by atoms with Gasteiger partial charge in [0.2, 0.25) is 0 Å². The Morgan fingerprint density at radius 1 is 1.56 bits per heavy atom. The summed E-state index contributed by atoms with van der Waals surface area (Å²) in [6, 6.07) is 0. The van der Waals surface area contributed by atoms with Crippen molar-refractivity contribution in [1.82, 2.24) is 9.78 Å². The van der Waals surface area contributed by atoms with Crippen molar-refractivity contribution < 1.29 is 4.79 Å². The van der Waals surface area contributed by atoms with E-state index in [9.17, 15) is 4.79 Å². The van der Waals surface area contributed by atoms with Crippen LogP contribution in [0.25, 0.3) is 0 Å². The minimum absolute atomic E-state index is 0.310. The van der Waals surface area contributed by atoms with E-state index in [1.54, 1.807) is 10.9 Å². The van der Waals surface area contributed by atoms with E-state index in [4.69, 9.17) is 0 Å². The van der Waals surface area contributed by atoms with Crippen molar-refractivity contribution in [3.05, 3.63) is 18.0 Å². The first-order valence-electron chi connectivity index (χ1n) is 6.19. The Morgan fingerprint density at radius 2 is 2.38 bits per heavy atom. The molecule has 1 aromatic rings. The van der Waals surface area contributed by atoms with Gasteiger partial charge in [0.15, 0.2) is 0 Å². The summed E-state index contributed by atoms with van der Waals surface area (Å²) >= 11 is 0. The van der Waals surface area contributed by atoms with Gasteiger partial charge in [-0.15, -0.1) is 0 Å². The molecular weight excluding hydrogens is 200 g/mol. The van der Waals surface area contributed by atoms with E-state index in [0.717, 1.165) is 24.3 Å². The molecule has 1 heterocycles. The molecule has 0 bridgehead atoms. The molecule has 2 rings (SSSR count). The Morgan fingerprint density at radius 3 is 2.94 bits per heavy atom. The van der Waals surface area contributed by atoms with Crippen LogP contribution in [0, 0.1) is 11.8 Å². The zero-order chi connectivity index (χ0) is 11.5. The van der Waals surface area contributed by atoms with Crippen molar-refractivity contribution in [2.24, 2.45) is 18.9 Å². The molecule has 1 saturated carbocycles. The molecule has 0 aromatic carbocycles. The summed E-state index contributed by atoms with van der Waals surface area (Å²) in [7, 11) is 1.89. The smallest absolute Gasteiger partial charge is 0.140 e. The summed E-state index contributed by atoms with van der Waals surface area (Å²) < 4.78 is 1.76. The molecule has 1 aliphatic rings. The van der Waals surface area contributed by atoms with Gasteiger partial charge in [0, 0.05) is 25.6 Å². The van der Waals surface area contributed by atoms with Crippen molar-refractivity contribution >= 4 is 5.78 Å². The minimum atomic E-state index is 0.310. The van der Waals surface area contributed by atoms with Gasteiger partial charge < -0.3 is 0 Å². The van der Waals surface area contributed by atoms with Crippen LogP contribution in [0.1, 0.15) is 38.2 Å². The van der Waals surface area contributed by atoms with Crippen molar-refractivity contribution in [2.45, 2.75) is 39.0 Å². The zero-order valence-electron chi connectivity index (χ0n) is 10.1. The van der Waals surface area contributed by atoms with Crippen molar-refractivity contribution in [2.75, 3.05) is 0 Å². The topological polar surface area (TPSA) is 34.9 Å². The van der Waals surface area contributed by atoms with Crippen molar-refractivity contribution in [1.29, 1.82) is 0 Å². The molecule has 2 atom stereocenters. The maximum atomic E-state index is 12.0. The Bertz CT molecular complexity index is 370. The van der Waals surface area contributed by atoms with Gasteiger partial charge in [0.1, 0.15) is 5.78 Å². The van der Waals surface area contributed by atoms with Crippen molar-refractivity contribution in [3.63, 3.8) is 0 Å². The van der Waals surface area contributed by atoms with E-state index in [-0.39, 0.29) is 0 Å². The lowest BCUT2D eigenvalue weighted by molar-refractivity contribution is -0.122. The highest BCUT2D eigenvalue weighted by molar-refractivity contribution is 5.83. The van der Waals surface area contributed by atoms with E-state index in [1.165, 1.54) is 12.8 Å². The molecule has 3 nitrogen and oxygen atoms in total. The number of aromatic nitrogens is 2. The molecule has 0 saturated heterocycles. The average Bonchev–Trinajstić information content (AvgIpc) is 2.87. The van der Waals surface area contributed by atoms with Gasteiger partial charge in [0.05, 0.1) is 6.20 Å². The Labute approximate surface area is 96.8 Å². The highest BCUT2D eigenvalue weighted by atomic mass is 16.1. The van der Waals surface area contributed by atoms with Crippen LogP contribution in [0.4, 0.5) is 0 Å². The van der Waals surface area contributed by atoms with Crippen LogP contribution in [0.5, 0.6) is 0 Å². The lowest BCUT2D eigenvalue weighted by Crippen LogP contribution is -2.13. The van der Waals surface area contributed by atoms with Gasteiger partial charge in [-0.1, -0.05) is 13.3 Å². The van der Waals surface area contributed by atoms with E-state index in [0.29, 0.717) is 18.1 Å². The first-order chi connectivity index (χ1) is 7.69. The van der Waals surface area contributed by atoms with Crippen LogP contribution >= 0.6 is 0 Å². The molecule has 0 N–H and O–H groups in total. The third-order valence-corrected chi connectivity index (χ3v) is 3.71. The molecule has 16 heavy (non-hydrogen) atoms. The molecule has 1 aliphatic carbocycles. The molecule has 1 aromatic heterocycles. The highest BCUT2D eigenvalue weighted by Crippen LogP contribution is 2.33. The number of aryl methyl sites for hydroxylation is 1. The van der Waals surface area contributed by atoms with E-state index < -0.39 is 0 Å². The average molecular weight is 220 g/mol. The Hall–Kier alpha value is -1.12. The summed E-state index contributed by atoms with van der Waals surface area (Å²) in [6.45, 7) is 2.22. The Balaban J connectivity index is 1.89. The number of carbonyl (C=O) groups excluding carboxylic acids is 1. The number of rotatable bonds is 4. The number of hydrogen-bond acceptors (Lipinski definition) is 2. The second kappa shape index (κ2) is 4.81. The first kappa shape index (κ1) is 11.4. The monoisotopic (exact) mass is 220 g/mol. The maximum absolute atomic E-state index is 12.0. The minimum Gasteiger partial charge on any atom is -0.299 e. The van der Waals surface area contributed by atoms with Crippen LogP contribution in [0.15, 0.2) is 12.4 Å². The van der Waals surface area contributed by atoms with Crippen LogP contribution in [0.3, 0.4) is 0 Å². The first-order valence-corrected chi connectivity index (χ1v) is 6.19. The lowest BCUT2D eigenvalue weighted by Gasteiger charge is -2.08. The number of carbonyl (C=O) groups is 1. The number of nitrogens with zero attached hydrogens (tertiary/aromatic N) is 2. The third kappa shape index (κ3) is 2.52. The molecule has 1 fully saturated rings. The fourth-order valence-electron chi connectivity index (χ4n) is 2.65. The number of hydrogen-bond donors (Lipinski definition) is 0.